The summed E-state index contributed by atoms with van der Waals surface area (Å²) in [6.07, 6.45) is 1.49. The summed E-state index contributed by atoms with van der Waals surface area (Å²) in [4.78, 5) is 28.5. The summed E-state index contributed by atoms with van der Waals surface area (Å²) in [5, 5.41) is 7.67. The van der Waals surface area contributed by atoms with Crippen molar-refractivity contribution in [3.63, 3.8) is 0 Å². The number of hydrogen-bond acceptors (Lipinski definition) is 5. The van der Waals surface area contributed by atoms with Gasteiger partial charge in [-0.05, 0) is 25.1 Å². The molecule has 2 heterocycles. The zero-order valence-electron chi connectivity index (χ0n) is 15.3. The third-order valence-electron chi connectivity index (χ3n) is 4.43. The fourth-order valence-electron chi connectivity index (χ4n) is 2.96. The number of nitrogens with zero attached hydrogens (tertiary/aromatic N) is 3. The summed E-state index contributed by atoms with van der Waals surface area (Å²) < 4.78 is 6.93. The number of hydrogen-bond donors (Lipinski definition) is 1. The lowest BCUT2D eigenvalue weighted by Crippen LogP contribution is -2.30. The molecule has 7 nitrogen and oxygen atoms in total. The monoisotopic (exact) mass is 374 g/mol. The van der Waals surface area contributed by atoms with Crippen LogP contribution in [-0.2, 0) is 6.54 Å². The Kier molecular flexibility index (Phi) is 4.72. The predicted molar refractivity (Wildman–Crippen MR) is 105 cm³/mol. The maximum absolute atomic E-state index is 12.5. The molecule has 0 radical (unpaired) electrons. The van der Waals surface area contributed by atoms with Crippen LogP contribution in [0.1, 0.15) is 16.1 Å². The van der Waals surface area contributed by atoms with Crippen LogP contribution in [-0.4, -0.2) is 27.2 Å². The van der Waals surface area contributed by atoms with Crippen LogP contribution in [0.5, 0.6) is 0 Å². The first-order valence-corrected chi connectivity index (χ1v) is 8.88. The zero-order valence-corrected chi connectivity index (χ0v) is 15.3. The molecule has 0 aliphatic heterocycles. The smallest absolute Gasteiger partial charge is 0.253 e. The highest BCUT2D eigenvalue weighted by Crippen LogP contribution is 2.29. The SMILES string of the molecule is Cc1cc(=O)n(CCNC(=O)c2ccc3noc(-c4ccccc4)c3c2)cn1. The van der Waals surface area contributed by atoms with E-state index < -0.39 is 0 Å². The quantitative estimate of drug-likeness (QED) is 0.580. The number of aryl methyl sites for hydroxylation is 1. The van der Waals surface area contributed by atoms with Crippen molar-refractivity contribution in [1.82, 2.24) is 20.0 Å². The first kappa shape index (κ1) is 17.7. The van der Waals surface area contributed by atoms with Crippen LogP contribution < -0.4 is 10.9 Å². The average molecular weight is 374 g/mol. The van der Waals surface area contributed by atoms with Crippen molar-refractivity contribution in [1.29, 1.82) is 0 Å². The molecule has 28 heavy (non-hydrogen) atoms. The summed E-state index contributed by atoms with van der Waals surface area (Å²) in [6, 6.07) is 16.3. The van der Waals surface area contributed by atoms with Gasteiger partial charge in [-0.15, -0.1) is 0 Å². The van der Waals surface area contributed by atoms with Crippen molar-refractivity contribution in [3.8, 4) is 11.3 Å². The first-order valence-electron chi connectivity index (χ1n) is 8.88. The number of rotatable bonds is 5. The van der Waals surface area contributed by atoms with Crippen LogP contribution in [0.25, 0.3) is 22.2 Å². The van der Waals surface area contributed by atoms with Crippen LogP contribution in [0, 0.1) is 6.92 Å². The van der Waals surface area contributed by atoms with E-state index in [9.17, 15) is 9.59 Å². The van der Waals surface area contributed by atoms with E-state index in [2.05, 4.69) is 15.5 Å². The van der Waals surface area contributed by atoms with Gasteiger partial charge in [-0.25, -0.2) is 4.98 Å². The molecule has 1 N–H and O–H groups in total. The molecule has 4 rings (SSSR count). The minimum Gasteiger partial charge on any atom is -0.355 e. The molecule has 0 saturated carbocycles. The fourth-order valence-corrected chi connectivity index (χ4v) is 2.96. The number of amides is 1. The average Bonchev–Trinajstić information content (AvgIpc) is 3.13. The number of carbonyl (C=O) groups is 1. The Morgan fingerprint density at radius 3 is 2.75 bits per heavy atom. The third kappa shape index (κ3) is 3.55. The van der Waals surface area contributed by atoms with Gasteiger partial charge in [-0.1, -0.05) is 35.5 Å². The summed E-state index contributed by atoms with van der Waals surface area (Å²) in [6.45, 7) is 2.43. The summed E-state index contributed by atoms with van der Waals surface area (Å²) >= 11 is 0. The van der Waals surface area contributed by atoms with E-state index in [0.717, 1.165) is 10.9 Å². The van der Waals surface area contributed by atoms with Crippen molar-refractivity contribution in [2.24, 2.45) is 0 Å². The lowest BCUT2D eigenvalue weighted by molar-refractivity contribution is 0.0952. The Morgan fingerprint density at radius 1 is 1.14 bits per heavy atom. The molecule has 0 atom stereocenters. The number of aromatic nitrogens is 3. The van der Waals surface area contributed by atoms with E-state index in [-0.39, 0.29) is 11.5 Å². The molecule has 1 amide bonds. The Bertz CT molecular complexity index is 1200. The van der Waals surface area contributed by atoms with Crippen molar-refractivity contribution in [2.45, 2.75) is 13.5 Å². The molecule has 140 valence electrons. The minimum absolute atomic E-state index is 0.139. The van der Waals surface area contributed by atoms with E-state index in [0.29, 0.717) is 35.6 Å². The zero-order chi connectivity index (χ0) is 19.5. The molecular formula is C21H18N4O3. The highest BCUT2D eigenvalue weighted by Gasteiger charge is 2.13. The highest BCUT2D eigenvalue weighted by molar-refractivity contribution is 6.00. The molecule has 7 heteroatoms. The van der Waals surface area contributed by atoms with E-state index >= 15 is 0 Å². The lowest BCUT2D eigenvalue weighted by Gasteiger charge is -2.07. The maximum atomic E-state index is 12.5. The molecule has 0 bridgehead atoms. The second kappa shape index (κ2) is 7.48. The summed E-state index contributed by atoms with van der Waals surface area (Å²) in [5.74, 6) is 0.401. The van der Waals surface area contributed by atoms with Gasteiger partial charge in [0.1, 0.15) is 5.52 Å². The Balaban J connectivity index is 1.50. The molecule has 0 aliphatic carbocycles. The van der Waals surface area contributed by atoms with Crippen LogP contribution in [0.15, 0.2) is 70.2 Å². The van der Waals surface area contributed by atoms with Gasteiger partial charge in [0.15, 0.2) is 5.76 Å². The lowest BCUT2D eigenvalue weighted by atomic mass is 10.1. The molecule has 0 saturated heterocycles. The second-order valence-corrected chi connectivity index (χ2v) is 6.43. The van der Waals surface area contributed by atoms with Crippen molar-refractivity contribution in [2.75, 3.05) is 6.54 Å². The van der Waals surface area contributed by atoms with Crippen molar-refractivity contribution in [3.05, 3.63) is 82.5 Å². The van der Waals surface area contributed by atoms with Gasteiger partial charge in [0.05, 0.1) is 11.7 Å². The highest BCUT2D eigenvalue weighted by atomic mass is 16.5. The largest absolute Gasteiger partial charge is 0.355 e. The Labute approximate surface area is 160 Å². The minimum atomic E-state index is -0.227. The summed E-state index contributed by atoms with van der Waals surface area (Å²) in [5.41, 5.74) is 2.62. The number of carbonyl (C=O) groups excluding carboxylic acids is 1. The van der Waals surface area contributed by atoms with Crippen LogP contribution in [0.3, 0.4) is 0 Å². The third-order valence-corrected chi connectivity index (χ3v) is 4.43. The van der Waals surface area contributed by atoms with Gasteiger partial charge in [0.2, 0.25) is 0 Å². The Hall–Kier alpha value is -3.74. The normalized spacial score (nSPS) is 10.9. The standard InChI is InChI=1S/C21H18N4O3/c1-14-11-19(26)25(13-23-14)10-9-22-21(27)16-7-8-18-17(12-16)20(28-24-18)15-5-3-2-4-6-15/h2-8,11-13H,9-10H2,1H3,(H,22,27). The van der Waals surface area contributed by atoms with Gasteiger partial charge < -0.3 is 9.84 Å². The first-order chi connectivity index (χ1) is 13.6. The molecule has 2 aromatic heterocycles. The summed E-state index contributed by atoms with van der Waals surface area (Å²) in [7, 11) is 0. The van der Waals surface area contributed by atoms with E-state index in [1.807, 2.05) is 30.3 Å². The van der Waals surface area contributed by atoms with Crippen LogP contribution >= 0.6 is 0 Å². The molecule has 0 spiro atoms. The van der Waals surface area contributed by atoms with Gasteiger partial charge in [0.25, 0.3) is 11.5 Å². The number of nitrogens with one attached hydrogen (secondary N) is 1. The second-order valence-electron chi connectivity index (χ2n) is 6.43. The molecule has 0 aliphatic rings. The topological polar surface area (TPSA) is 90.0 Å². The Morgan fingerprint density at radius 2 is 1.96 bits per heavy atom. The molecule has 4 aromatic rings. The van der Waals surface area contributed by atoms with Crippen molar-refractivity contribution < 1.29 is 9.32 Å². The van der Waals surface area contributed by atoms with Crippen LogP contribution in [0.2, 0.25) is 0 Å². The van der Waals surface area contributed by atoms with E-state index in [4.69, 9.17) is 4.52 Å². The van der Waals surface area contributed by atoms with Gasteiger partial charge in [-0.3, -0.25) is 14.2 Å². The van der Waals surface area contributed by atoms with Crippen molar-refractivity contribution >= 4 is 16.8 Å². The predicted octanol–water partition coefficient (Wildman–Crippen LogP) is 2.79. The molecular weight excluding hydrogens is 356 g/mol. The number of fused-ring (bicyclic) bond motifs is 1. The van der Waals surface area contributed by atoms with Gasteiger partial charge in [-0.2, -0.15) is 0 Å². The van der Waals surface area contributed by atoms with Gasteiger partial charge in [0, 0.05) is 36.0 Å². The number of benzene rings is 2. The maximum Gasteiger partial charge on any atom is 0.253 e. The van der Waals surface area contributed by atoms with Gasteiger partial charge >= 0.3 is 0 Å². The van der Waals surface area contributed by atoms with Crippen LogP contribution in [0.4, 0.5) is 0 Å². The molecule has 2 aromatic carbocycles. The van der Waals surface area contributed by atoms with E-state index in [1.54, 1.807) is 25.1 Å². The molecule has 0 unspecified atom stereocenters. The van der Waals surface area contributed by atoms with E-state index in [1.165, 1.54) is 17.0 Å². The fraction of sp³-hybridized carbons (Fsp3) is 0.143. The molecule has 0 fully saturated rings.